The highest BCUT2D eigenvalue weighted by atomic mass is 19.3. The maximum absolute atomic E-state index is 13.4. The molecule has 26 heavy (non-hydrogen) atoms. The summed E-state index contributed by atoms with van der Waals surface area (Å²) in [6, 6.07) is 6.04. The van der Waals surface area contributed by atoms with Gasteiger partial charge in [0.1, 0.15) is 23.8 Å². The molecular weight excluding hydrogens is 343 g/mol. The van der Waals surface area contributed by atoms with Crippen LogP contribution in [-0.2, 0) is 6.67 Å². The summed E-state index contributed by atoms with van der Waals surface area (Å²) in [5, 5.41) is 0. The molecule has 2 heterocycles. The van der Waals surface area contributed by atoms with Gasteiger partial charge in [0, 0.05) is 17.3 Å². The summed E-state index contributed by atoms with van der Waals surface area (Å²) in [5.41, 5.74) is 6.33. The second-order valence-corrected chi connectivity index (χ2v) is 7.15. The van der Waals surface area contributed by atoms with Crippen molar-refractivity contribution >= 4 is 0 Å². The molecule has 0 bridgehead atoms. The van der Waals surface area contributed by atoms with Gasteiger partial charge in [0.05, 0.1) is 12.3 Å². The number of aromatic nitrogens is 2. The third-order valence-corrected chi connectivity index (χ3v) is 3.76. The lowest BCUT2D eigenvalue weighted by molar-refractivity contribution is 0.146. The first-order valence-electron chi connectivity index (χ1n) is 8.41. The first-order valence-corrected chi connectivity index (χ1v) is 8.41. The van der Waals surface area contributed by atoms with Crippen LogP contribution < -0.4 is 10.5 Å². The molecule has 0 saturated heterocycles. The molecule has 2 aromatic rings. The van der Waals surface area contributed by atoms with E-state index in [0.29, 0.717) is 23.6 Å². The molecular formula is C19H24F3N3O. The standard InChI is InChI=1S/C19H24F3N3O/c1-12(9-19(2,3)23)11-26-17-5-4-14(25-16(17)10-20)13-6-7-24-15(8-13)18(21)22/h4-8,12,18H,9-11,23H2,1-3H3. The third kappa shape index (κ3) is 5.69. The molecule has 2 N–H and O–H groups in total. The molecule has 0 aliphatic heterocycles. The Morgan fingerprint density at radius 1 is 1.23 bits per heavy atom. The summed E-state index contributed by atoms with van der Waals surface area (Å²) in [7, 11) is 0. The molecule has 0 aliphatic carbocycles. The van der Waals surface area contributed by atoms with Gasteiger partial charge in [0.15, 0.2) is 0 Å². The molecule has 142 valence electrons. The van der Waals surface area contributed by atoms with Crippen LogP contribution in [0.1, 0.15) is 45.0 Å². The molecule has 4 nitrogen and oxygen atoms in total. The summed E-state index contributed by atoms with van der Waals surface area (Å²) in [5.74, 6) is 0.539. The number of hydrogen-bond acceptors (Lipinski definition) is 4. The second-order valence-electron chi connectivity index (χ2n) is 7.15. The molecule has 0 amide bonds. The Bertz CT molecular complexity index is 732. The highest BCUT2D eigenvalue weighted by Gasteiger charge is 2.17. The molecule has 1 unspecified atom stereocenters. The minimum Gasteiger partial charge on any atom is -0.491 e. The summed E-state index contributed by atoms with van der Waals surface area (Å²) in [4.78, 5) is 7.83. The van der Waals surface area contributed by atoms with Crippen molar-refractivity contribution in [1.82, 2.24) is 9.97 Å². The van der Waals surface area contributed by atoms with Gasteiger partial charge in [0.2, 0.25) is 0 Å². The molecule has 0 aliphatic rings. The molecule has 0 saturated carbocycles. The van der Waals surface area contributed by atoms with Crippen molar-refractivity contribution in [2.45, 2.75) is 45.8 Å². The van der Waals surface area contributed by atoms with Gasteiger partial charge in [0.25, 0.3) is 6.43 Å². The van der Waals surface area contributed by atoms with E-state index in [9.17, 15) is 13.2 Å². The average Bonchev–Trinajstić information content (AvgIpc) is 2.58. The van der Waals surface area contributed by atoms with Gasteiger partial charge in [-0.2, -0.15) is 0 Å². The van der Waals surface area contributed by atoms with Crippen molar-refractivity contribution in [3.63, 3.8) is 0 Å². The minimum absolute atomic E-state index is 0.136. The van der Waals surface area contributed by atoms with Crippen LogP contribution in [-0.4, -0.2) is 22.1 Å². The van der Waals surface area contributed by atoms with Crippen molar-refractivity contribution in [1.29, 1.82) is 0 Å². The van der Waals surface area contributed by atoms with Gasteiger partial charge < -0.3 is 10.5 Å². The predicted octanol–water partition coefficient (Wildman–Crippen LogP) is 4.69. The molecule has 0 radical (unpaired) electrons. The van der Waals surface area contributed by atoms with Crippen LogP contribution >= 0.6 is 0 Å². The number of rotatable bonds is 8. The maximum Gasteiger partial charge on any atom is 0.280 e. The van der Waals surface area contributed by atoms with Crippen LogP contribution in [0.15, 0.2) is 30.5 Å². The fourth-order valence-corrected chi connectivity index (χ4v) is 2.79. The predicted molar refractivity (Wildman–Crippen MR) is 94.8 cm³/mol. The zero-order valence-corrected chi connectivity index (χ0v) is 15.2. The van der Waals surface area contributed by atoms with E-state index in [1.807, 2.05) is 20.8 Å². The van der Waals surface area contributed by atoms with Gasteiger partial charge in [-0.05, 0) is 50.5 Å². The number of alkyl halides is 3. The molecule has 2 aromatic heterocycles. The lowest BCUT2D eigenvalue weighted by Crippen LogP contribution is -2.35. The number of hydrogen-bond donors (Lipinski definition) is 1. The average molecular weight is 367 g/mol. The number of halogens is 3. The van der Waals surface area contributed by atoms with Crippen molar-refractivity contribution < 1.29 is 17.9 Å². The van der Waals surface area contributed by atoms with Gasteiger partial charge >= 0.3 is 0 Å². The summed E-state index contributed by atoms with van der Waals surface area (Å²) in [6.07, 6.45) is -0.628. The van der Waals surface area contributed by atoms with E-state index < -0.39 is 13.1 Å². The molecule has 0 fully saturated rings. The maximum atomic E-state index is 13.4. The third-order valence-electron chi connectivity index (χ3n) is 3.76. The van der Waals surface area contributed by atoms with E-state index in [4.69, 9.17) is 10.5 Å². The van der Waals surface area contributed by atoms with Crippen molar-refractivity contribution in [3.8, 4) is 17.0 Å². The first kappa shape index (κ1) is 20.2. The largest absolute Gasteiger partial charge is 0.491 e. The van der Waals surface area contributed by atoms with Gasteiger partial charge in [-0.3, -0.25) is 4.98 Å². The Morgan fingerprint density at radius 2 is 1.96 bits per heavy atom. The smallest absolute Gasteiger partial charge is 0.280 e. The van der Waals surface area contributed by atoms with E-state index in [0.717, 1.165) is 6.42 Å². The number of pyridine rings is 2. The van der Waals surface area contributed by atoms with Gasteiger partial charge in [-0.25, -0.2) is 18.2 Å². The number of ether oxygens (including phenoxy) is 1. The van der Waals surface area contributed by atoms with Gasteiger partial charge in [-0.15, -0.1) is 0 Å². The normalized spacial score (nSPS) is 13.1. The van der Waals surface area contributed by atoms with Crippen LogP contribution in [0.2, 0.25) is 0 Å². The van der Waals surface area contributed by atoms with E-state index in [-0.39, 0.29) is 22.8 Å². The SMILES string of the molecule is CC(COc1ccc(-c2ccnc(C(F)F)c2)nc1CF)CC(C)(C)N. The van der Waals surface area contributed by atoms with Crippen molar-refractivity contribution in [2.24, 2.45) is 11.7 Å². The van der Waals surface area contributed by atoms with Gasteiger partial charge in [-0.1, -0.05) is 6.92 Å². The Labute approximate surface area is 151 Å². The zero-order valence-electron chi connectivity index (χ0n) is 15.2. The van der Waals surface area contributed by atoms with Crippen molar-refractivity contribution in [2.75, 3.05) is 6.61 Å². The molecule has 1 atom stereocenters. The lowest BCUT2D eigenvalue weighted by atomic mass is 9.93. The summed E-state index contributed by atoms with van der Waals surface area (Å²) in [6.45, 7) is 5.46. The Hall–Kier alpha value is -2.15. The van der Waals surface area contributed by atoms with Crippen LogP contribution in [0.4, 0.5) is 13.2 Å². The molecule has 7 heteroatoms. The highest BCUT2D eigenvalue weighted by molar-refractivity contribution is 5.60. The van der Waals surface area contributed by atoms with E-state index in [1.165, 1.54) is 12.3 Å². The summed E-state index contributed by atoms with van der Waals surface area (Å²) < 4.78 is 44.7. The van der Waals surface area contributed by atoms with Crippen molar-refractivity contribution in [3.05, 3.63) is 41.9 Å². The highest BCUT2D eigenvalue weighted by Crippen LogP contribution is 2.27. The lowest BCUT2D eigenvalue weighted by Gasteiger charge is -2.23. The number of nitrogens with two attached hydrogens (primary N) is 1. The second kappa shape index (κ2) is 8.49. The summed E-state index contributed by atoms with van der Waals surface area (Å²) >= 11 is 0. The topological polar surface area (TPSA) is 61.0 Å². The van der Waals surface area contributed by atoms with Crippen LogP contribution in [0.5, 0.6) is 5.75 Å². The first-order chi connectivity index (χ1) is 12.2. The molecule has 2 rings (SSSR count). The zero-order chi connectivity index (χ0) is 19.3. The van der Waals surface area contributed by atoms with E-state index >= 15 is 0 Å². The van der Waals surface area contributed by atoms with Crippen LogP contribution in [0.25, 0.3) is 11.3 Å². The van der Waals surface area contributed by atoms with E-state index in [2.05, 4.69) is 9.97 Å². The van der Waals surface area contributed by atoms with Crippen LogP contribution in [0, 0.1) is 5.92 Å². The van der Waals surface area contributed by atoms with Crippen LogP contribution in [0.3, 0.4) is 0 Å². The molecule has 0 aromatic carbocycles. The number of nitrogens with zero attached hydrogens (tertiary/aromatic N) is 2. The Morgan fingerprint density at radius 3 is 2.58 bits per heavy atom. The minimum atomic E-state index is -2.67. The Balaban J connectivity index is 2.16. The van der Waals surface area contributed by atoms with E-state index in [1.54, 1.807) is 18.2 Å². The fourth-order valence-electron chi connectivity index (χ4n) is 2.79. The molecule has 0 spiro atoms. The monoisotopic (exact) mass is 367 g/mol. The fraction of sp³-hybridized carbons (Fsp3) is 0.474. The quantitative estimate of drug-likeness (QED) is 0.735. The Kier molecular flexibility index (Phi) is 6.58.